The minimum atomic E-state index is -0.241. The predicted octanol–water partition coefficient (Wildman–Crippen LogP) is 2.19. The lowest BCUT2D eigenvalue weighted by Crippen LogP contribution is -2.55. The molecule has 26 heavy (non-hydrogen) atoms. The van der Waals surface area contributed by atoms with Crippen LogP contribution in [0.15, 0.2) is 34.9 Å². The van der Waals surface area contributed by atoms with Crippen LogP contribution in [0, 0.1) is 0 Å². The number of carbonyl (C=O) groups is 1. The largest absolute Gasteiger partial charge is 0.497 e. The van der Waals surface area contributed by atoms with Crippen LogP contribution < -0.4 is 10.1 Å². The lowest BCUT2D eigenvalue weighted by Gasteiger charge is -2.40. The second-order valence-electron chi connectivity index (χ2n) is 6.90. The van der Waals surface area contributed by atoms with Gasteiger partial charge in [0.1, 0.15) is 5.75 Å². The van der Waals surface area contributed by atoms with E-state index in [0.717, 1.165) is 37.6 Å². The van der Waals surface area contributed by atoms with Gasteiger partial charge in [-0.05, 0) is 38.1 Å². The van der Waals surface area contributed by atoms with Gasteiger partial charge in [-0.1, -0.05) is 5.16 Å². The summed E-state index contributed by atoms with van der Waals surface area (Å²) in [5.74, 6) is 1.07. The monoisotopic (exact) mass is 359 g/mol. The molecule has 0 saturated carbocycles. The van der Waals surface area contributed by atoms with E-state index in [-0.39, 0.29) is 17.1 Å². The van der Waals surface area contributed by atoms with Crippen LogP contribution in [0.3, 0.4) is 0 Å². The molecule has 1 fully saturated rings. The van der Waals surface area contributed by atoms with E-state index in [1.807, 2.05) is 24.3 Å². The SMILES string of the molecule is COc1ccc(-c2cc(C(=O)NCC(C)(C)N3CCOCC3)no2)cc1. The molecule has 7 nitrogen and oxygen atoms in total. The Kier molecular flexibility index (Phi) is 5.58. The second-order valence-corrected chi connectivity index (χ2v) is 6.90. The molecule has 1 aromatic heterocycles. The Balaban J connectivity index is 1.60. The van der Waals surface area contributed by atoms with Gasteiger partial charge in [0.05, 0.1) is 20.3 Å². The summed E-state index contributed by atoms with van der Waals surface area (Å²) in [5, 5.41) is 6.85. The van der Waals surface area contributed by atoms with Crippen LogP contribution in [-0.4, -0.2) is 61.5 Å². The number of amides is 1. The minimum Gasteiger partial charge on any atom is -0.497 e. The quantitative estimate of drug-likeness (QED) is 0.852. The zero-order chi connectivity index (χ0) is 18.6. The summed E-state index contributed by atoms with van der Waals surface area (Å²) in [5.41, 5.74) is 0.960. The first-order valence-corrected chi connectivity index (χ1v) is 8.72. The van der Waals surface area contributed by atoms with Crippen LogP contribution in [0.2, 0.25) is 0 Å². The summed E-state index contributed by atoms with van der Waals surface area (Å²) in [7, 11) is 1.62. The Morgan fingerprint density at radius 3 is 2.62 bits per heavy atom. The molecule has 1 N–H and O–H groups in total. The van der Waals surface area contributed by atoms with E-state index >= 15 is 0 Å². The number of nitrogens with one attached hydrogen (secondary N) is 1. The highest BCUT2D eigenvalue weighted by molar-refractivity contribution is 5.93. The standard InChI is InChI=1S/C19H25N3O4/c1-19(2,22-8-10-25-11-9-22)13-20-18(23)16-12-17(26-21-16)14-4-6-15(24-3)7-5-14/h4-7,12H,8-11,13H2,1-3H3,(H,20,23). The van der Waals surface area contributed by atoms with E-state index in [1.54, 1.807) is 13.2 Å². The van der Waals surface area contributed by atoms with E-state index in [2.05, 4.69) is 29.2 Å². The van der Waals surface area contributed by atoms with Gasteiger partial charge in [0, 0.05) is 36.8 Å². The van der Waals surface area contributed by atoms with Gasteiger partial charge >= 0.3 is 0 Å². The molecule has 7 heteroatoms. The Labute approximate surface area is 153 Å². The number of carbonyl (C=O) groups excluding carboxylic acids is 1. The summed E-state index contributed by atoms with van der Waals surface area (Å²) in [6, 6.07) is 9.05. The van der Waals surface area contributed by atoms with E-state index < -0.39 is 0 Å². The number of morpholine rings is 1. The third-order valence-corrected chi connectivity index (χ3v) is 4.67. The molecular weight excluding hydrogens is 334 g/mol. The summed E-state index contributed by atoms with van der Waals surface area (Å²) in [6.45, 7) is 7.95. The third kappa shape index (κ3) is 4.23. The zero-order valence-electron chi connectivity index (χ0n) is 15.4. The molecule has 0 radical (unpaired) electrons. The number of methoxy groups -OCH3 is 1. The number of rotatable bonds is 6. The van der Waals surface area contributed by atoms with Crippen LogP contribution >= 0.6 is 0 Å². The summed E-state index contributed by atoms with van der Waals surface area (Å²) in [4.78, 5) is 14.7. The molecular formula is C19H25N3O4. The van der Waals surface area contributed by atoms with Gasteiger partial charge in [0.15, 0.2) is 11.5 Å². The Hall–Kier alpha value is -2.38. The topological polar surface area (TPSA) is 76.8 Å². The molecule has 0 aliphatic carbocycles. The van der Waals surface area contributed by atoms with Crippen molar-refractivity contribution in [2.24, 2.45) is 0 Å². The molecule has 0 bridgehead atoms. The Morgan fingerprint density at radius 2 is 1.96 bits per heavy atom. The van der Waals surface area contributed by atoms with Gasteiger partial charge in [-0.2, -0.15) is 0 Å². The first-order valence-electron chi connectivity index (χ1n) is 8.72. The number of nitrogens with zero attached hydrogens (tertiary/aromatic N) is 2. The second kappa shape index (κ2) is 7.88. The highest BCUT2D eigenvalue weighted by atomic mass is 16.5. The van der Waals surface area contributed by atoms with Crippen molar-refractivity contribution in [2.75, 3.05) is 40.0 Å². The fourth-order valence-corrected chi connectivity index (χ4v) is 2.94. The maximum absolute atomic E-state index is 12.4. The lowest BCUT2D eigenvalue weighted by atomic mass is 10.0. The molecule has 0 spiro atoms. The van der Waals surface area contributed by atoms with E-state index in [0.29, 0.717) is 12.3 Å². The van der Waals surface area contributed by atoms with E-state index in [1.165, 1.54) is 0 Å². The van der Waals surface area contributed by atoms with Gasteiger partial charge in [0.2, 0.25) is 0 Å². The van der Waals surface area contributed by atoms with E-state index in [4.69, 9.17) is 14.0 Å². The number of benzene rings is 1. The molecule has 0 unspecified atom stereocenters. The summed E-state index contributed by atoms with van der Waals surface area (Å²) < 4.78 is 15.8. The average molecular weight is 359 g/mol. The molecule has 2 heterocycles. The van der Waals surface area contributed by atoms with Gasteiger partial charge in [-0.15, -0.1) is 0 Å². The van der Waals surface area contributed by atoms with Crippen molar-refractivity contribution < 1.29 is 18.8 Å². The van der Waals surface area contributed by atoms with Crippen molar-refractivity contribution in [3.05, 3.63) is 36.0 Å². The van der Waals surface area contributed by atoms with Crippen molar-refractivity contribution in [3.63, 3.8) is 0 Å². The predicted molar refractivity (Wildman–Crippen MR) is 97.3 cm³/mol. The highest BCUT2D eigenvalue weighted by Gasteiger charge is 2.29. The molecule has 140 valence electrons. The van der Waals surface area contributed by atoms with Crippen molar-refractivity contribution in [2.45, 2.75) is 19.4 Å². The van der Waals surface area contributed by atoms with Gasteiger partial charge in [-0.25, -0.2) is 0 Å². The zero-order valence-corrected chi connectivity index (χ0v) is 15.4. The van der Waals surface area contributed by atoms with Crippen LogP contribution in [0.5, 0.6) is 5.75 Å². The number of ether oxygens (including phenoxy) is 2. The fraction of sp³-hybridized carbons (Fsp3) is 0.474. The van der Waals surface area contributed by atoms with E-state index in [9.17, 15) is 4.79 Å². The van der Waals surface area contributed by atoms with Crippen LogP contribution in [0.1, 0.15) is 24.3 Å². The average Bonchev–Trinajstić information content (AvgIpc) is 3.17. The highest BCUT2D eigenvalue weighted by Crippen LogP contribution is 2.23. The van der Waals surface area contributed by atoms with Gasteiger partial charge < -0.3 is 19.3 Å². The van der Waals surface area contributed by atoms with Crippen molar-refractivity contribution in [1.29, 1.82) is 0 Å². The van der Waals surface area contributed by atoms with Gasteiger partial charge in [-0.3, -0.25) is 9.69 Å². The van der Waals surface area contributed by atoms with Gasteiger partial charge in [0.25, 0.3) is 5.91 Å². The first-order chi connectivity index (χ1) is 12.5. The van der Waals surface area contributed by atoms with Crippen LogP contribution in [-0.2, 0) is 4.74 Å². The van der Waals surface area contributed by atoms with Crippen LogP contribution in [0.25, 0.3) is 11.3 Å². The maximum Gasteiger partial charge on any atom is 0.273 e. The molecule has 1 aliphatic rings. The maximum atomic E-state index is 12.4. The molecule has 1 saturated heterocycles. The van der Waals surface area contributed by atoms with Crippen molar-refractivity contribution in [1.82, 2.24) is 15.4 Å². The normalized spacial score (nSPS) is 15.7. The lowest BCUT2D eigenvalue weighted by molar-refractivity contribution is -0.00925. The number of aromatic nitrogens is 1. The molecule has 1 aliphatic heterocycles. The molecule has 1 aromatic carbocycles. The molecule has 2 aromatic rings. The number of hydrogen-bond acceptors (Lipinski definition) is 6. The minimum absolute atomic E-state index is 0.151. The number of hydrogen-bond donors (Lipinski definition) is 1. The third-order valence-electron chi connectivity index (χ3n) is 4.67. The van der Waals surface area contributed by atoms with Crippen LogP contribution in [0.4, 0.5) is 0 Å². The first kappa shape index (κ1) is 18.4. The smallest absolute Gasteiger partial charge is 0.273 e. The molecule has 0 atom stereocenters. The summed E-state index contributed by atoms with van der Waals surface area (Å²) >= 11 is 0. The Bertz CT molecular complexity index is 733. The summed E-state index contributed by atoms with van der Waals surface area (Å²) in [6.07, 6.45) is 0. The van der Waals surface area contributed by atoms with Crippen molar-refractivity contribution in [3.8, 4) is 17.1 Å². The Morgan fingerprint density at radius 1 is 1.27 bits per heavy atom. The molecule has 3 rings (SSSR count). The molecule has 1 amide bonds. The van der Waals surface area contributed by atoms with Crippen molar-refractivity contribution >= 4 is 5.91 Å². The fourth-order valence-electron chi connectivity index (χ4n) is 2.94.